The van der Waals surface area contributed by atoms with Crippen LogP contribution in [0.5, 0.6) is 0 Å². The first-order chi connectivity index (χ1) is 14.8. The molecule has 208 valence electrons. The number of quaternary nitrogens is 4. The molecule has 0 aliphatic carbocycles. The summed E-state index contributed by atoms with van der Waals surface area (Å²) in [5.41, 5.74) is 0. The topological polar surface area (TPSA) is 36.9 Å². The van der Waals surface area contributed by atoms with Gasteiger partial charge in [-0.05, 0) is 0 Å². The van der Waals surface area contributed by atoms with Gasteiger partial charge in [-0.25, -0.2) is 0 Å². The molecule has 0 aromatic carbocycles. The van der Waals surface area contributed by atoms with Crippen LogP contribution < -0.4 is 48.0 Å². The Bertz CT molecular complexity index is 446. The molecule has 2 aliphatic rings. The highest BCUT2D eigenvalue weighted by molar-refractivity contribution is 4.47. The number of hydrogen-bond donors (Lipinski definition) is 0. The number of likely N-dealkylation sites (N-methyl/N-ethyl adjacent to an activating group) is 4. The van der Waals surface area contributed by atoms with Crippen molar-refractivity contribution in [1.82, 2.24) is 0 Å². The van der Waals surface area contributed by atoms with Crippen LogP contribution >= 0.6 is 0 Å². The van der Waals surface area contributed by atoms with Gasteiger partial charge in [0.1, 0.15) is 52.4 Å². The molecule has 0 amide bonds. The maximum Gasteiger partial charge on any atom is 0.102 e. The van der Waals surface area contributed by atoms with E-state index in [0.29, 0.717) is 0 Å². The Labute approximate surface area is 245 Å². The molecule has 0 radical (unpaired) electrons. The number of halogens is 2. The largest absolute Gasteiger partial charge is 1.00 e. The second-order valence-electron chi connectivity index (χ2n) is 12.1. The molecule has 0 atom stereocenters. The summed E-state index contributed by atoms with van der Waals surface area (Å²) in [6.45, 7) is 15.9. The molecule has 10 heteroatoms. The number of morpholine rings is 2. The van der Waals surface area contributed by atoms with Crippen LogP contribution in [0.15, 0.2) is 0 Å². The molecule has 0 bridgehead atoms. The fraction of sp³-hybridized carbons (Fsp3) is 1.00. The third-order valence-corrected chi connectivity index (χ3v) is 6.47. The minimum absolute atomic E-state index is 0. The summed E-state index contributed by atoms with van der Waals surface area (Å²) < 4.78 is 26.3. The van der Waals surface area contributed by atoms with Gasteiger partial charge >= 0.3 is 0 Å². The highest BCUT2D eigenvalue weighted by Gasteiger charge is 2.25. The first-order valence-corrected chi connectivity index (χ1v) is 12.4. The standard InChI is InChI=1S/2C12H28N2O2.2HI/c2*1-13(2,3)5-9-15-10-6-14(4)7-11-16-12-8-14;;/h2*5-12H2,1-4H3;2*1H/q2*+2;;/p-2. The first kappa shape index (κ1) is 37.3. The zero-order valence-electron chi connectivity index (χ0n) is 23.5. The normalized spacial score (nSPS) is 19.8. The van der Waals surface area contributed by atoms with Gasteiger partial charge in [-0.15, -0.1) is 0 Å². The van der Waals surface area contributed by atoms with Crippen LogP contribution in [-0.2, 0) is 18.9 Å². The van der Waals surface area contributed by atoms with Crippen molar-refractivity contribution in [2.45, 2.75) is 0 Å². The predicted octanol–water partition coefficient (Wildman–Crippen LogP) is -5.62. The number of hydrogen-bond acceptors (Lipinski definition) is 4. The van der Waals surface area contributed by atoms with Crippen molar-refractivity contribution in [1.29, 1.82) is 0 Å². The molecular weight excluding hydrogens is 662 g/mol. The summed E-state index contributed by atoms with van der Waals surface area (Å²) in [5, 5.41) is 0. The minimum atomic E-state index is 0. The summed E-state index contributed by atoms with van der Waals surface area (Å²) in [6, 6.07) is 0. The highest BCUT2D eigenvalue weighted by atomic mass is 127. The van der Waals surface area contributed by atoms with E-state index in [1.807, 2.05) is 0 Å². The number of nitrogens with zero attached hydrogens (tertiary/aromatic N) is 4. The van der Waals surface area contributed by atoms with Gasteiger partial charge in [0, 0.05) is 0 Å². The zero-order valence-corrected chi connectivity index (χ0v) is 27.8. The Hall–Kier alpha value is 1.14. The maximum absolute atomic E-state index is 5.71. The van der Waals surface area contributed by atoms with Gasteiger partial charge in [0.15, 0.2) is 0 Å². The average Bonchev–Trinajstić information content (AvgIpc) is 2.67. The van der Waals surface area contributed by atoms with E-state index in [0.717, 1.165) is 123 Å². The fourth-order valence-electron chi connectivity index (χ4n) is 3.47. The van der Waals surface area contributed by atoms with Gasteiger partial charge in [0.2, 0.25) is 0 Å². The van der Waals surface area contributed by atoms with E-state index >= 15 is 0 Å². The van der Waals surface area contributed by atoms with Crippen molar-refractivity contribution < 1.29 is 84.8 Å². The van der Waals surface area contributed by atoms with Gasteiger partial charge in [-0.1, -0.05) is 0 Å². The molecule has 0 spiro atoms. The third-order valence-electron chi connectivity index (χ3n) is 6.47. The molecule has 0 aromatic rings. The van der Waals surface area contributed by atoms with Crippen LogP contribution in [0.25, 0.3) is 0 Å². The predicted molar refractivity (Wildman–Crippen MR) is 131 cm³/mol. The van der Waals surface area contributed by atoms with E-state index in [-0.39, 0.29) is 48.0 Å². The van der Waals surface area contributed by atoms with Crippen molar-refractivity contribution in [3.05, 3.63) is 0 Å². The molecule has 0 aromatic heterocycles. The monoisotopic (exact) mass is 718 g/mol. The minimum Gasteiger partial charge on any atom is -1.00 e. The second kappa shape index (κ2) is 18.4. The van der Waals surface area contributed by atoms with Gasteiger partial charge in [0.05, 0.1) is 109 Å². The third kappa shape index (κ3) is 20.2. The lowest BCUT2D eigenvalue weighted by atomic mass is 10.3. The van der Waals surface area contributed by atoms with E-state index in [1.54, 1.807) is 0 Å². The Morgan fingerprint density at radius 3 is 1.12 bits per heavy atom. The Morgan fingerprint density at radius 2 is 0.853 bits per heavy atom. The van der Waals surface area contributed by atoms with E-state index in [4.69, 9.17) is 18.9 Å². The lowest BCUT2D eigenvalue weighted by Gasteiger charge is -2.37. The van der Waals surface area contributed by atoms with E-state index in [2.05, 4.69) is 56.4 Å². The summed E-state index contributed by atoms with van der Waals surface area (Å²) in [7, 11) is 17.8. The lowest BCUT2D eigenvalue weighted by Crippen LogP contribution is -3.00. The Balaban J connectivity index is 0. The van der Waals surface area contributed by atoms with Crippen LogP contribution in [-0.4, -0.2) is 180 Å². The Kier molecular flexibility index (Phi) is 20.2. The Morgan fingerprint density at radius 1 is 0.559 bits per heavy atom. The highest BCUT2D eigenvalue weighted by Crippen LogP contribution is 2.07. The van der Waals surface area contributed by atoms with Crippen molar-refractivity contribution >= 4 is 0 Å². The molecule has 2 saturated heterocycles. The van der Waals surface area contributed by atoms with Crippen LogP contribution in [0.2, 0.25) is 0 Å². The quantitative estimate of drug-likeness (QED) is 0.115. The van der Waals surface area contributed by atoms with Crippen molar-refractivity contribution in [3.63, 3.8) is 0 Å². The summed E-state index contributed by atoms with van der Waals surface area (Å²) >= 11 is 0. The average molecular weight is 719 g/mol. The molecule has 2 fully saturated rings. The first-order valence-electron chi connectivity index (χ1n) is 12.4. The van der Waals surface area contributed by atoms with Crippen molar-refractivity contribution in [2.24, 2.45) is 0 Å². The van der Waals surface area contributed by atoms with Crippen molar-refractivity contribution in [2.75, 3.05) is 162 Å². The maximum atomic E-state index is 5.71. The van der Waals surface area contributed by atoms with E-state index in [1.165, 1.54) is 0 Å². The lowest BCUT2D eigenvalue weighted by molar-refractivity contribution is -0.917. The molecule has 2 aliphatic heterocycles. The SMILES string of the molecule is C[N+](C)(C)CCOCC[N+]1(C)CCOCC1.C[N+](C)(C)CCOCC[N+]1(C)CCOCC1.[I-].[I-]. The van der Waals surface area contributed by atoms with Crippen LogP contribution in [0, 0.1) is 0 Å². The molecule has 0 saturated carbocycles. The van der Waals surface area contributed by atoms with Gasteiger partial charge in [0.25, 0.3) is 0 Å². The van der Waals surface area contributed by atoms with Gasteiger partial charge in [-0.2, -0.15) is 0 Å². The molecule has 0 N–H and O–H groups in total. The number of ether oxygens (including phenoxy) is 4. The summed E-state index contributed by atoms with van der Waals surface area (Å²) in [4.78, 5) is 0. The summed E-state index contributed by atoms with van der Waals surface area (Å²) in [5.74, 6) is 0. The van der Waals surface area contributed by atoms with Crippen LogP contribution in [0.4, 0.5) is 0 Å². The molecule has 8 nitrogen and oxygen atoms in total. The second-order valence-corrected chi connectivity index (χ2v) is 12.1. The van der Waals surface area contributed by atoms with Gasteiger partial charge in [-0.3, -0.25) is 0 Å². The van der Waals surface area contributed by atoms with E-state index in [9.17, 15) is 0 Å². The smallest absolute Gasteiger partial charge is 0.102 e. The molecule has 2 rings (SSSR count). The van der Waals surface area contributed by atoms with Crippen LogP contribution in [0.1, 0.15) is 0 Å². The van der Waals surface area contributed by atoms with Crippen molar-refractivity contribution in [3.8, 4) is 0 Å². The van der Waals surface area contributed by atoms with Gasteiger partial charge < -0.3 is 84.8 Å². The molecule has 2 heterocycles. The fourth-order valence-corrected chi connectivity index (χ4v) is 3.47. The number of rotatable bonds is 12. The van der Waals surface area contributed by atoms with Crippen LogP contribution in [0.3, 0.4) is 0 Å². The molecule has 34 heavy (non-hydrogen) atoms. The van der Waals surface area contributed by atoms with E-state index < -0.39 is 0 Å². The summed E-state index contributed by atoms with van der Waals surface area (Å²) in [6.07, 6.45) is 0. The molecule has 0 unspecified atom stereocenters. The molecular formula is C24H56I2N4O4+2. The zero-order chi connectivity index (χ0) is 24.1.